The Labute approximate surface area is 163 Å². The van der Waals surface area contributed by atoms with E-state index in [1.54, 1.807) is 18.2 Å². The molecule has 0 unspecified atom stereocenters. The number of amides is 2. The van der Waals surface area contributed by atoms with Gasteiger partial charge in [0.1, 0.15) is 5.82 Å². The van der Waals surface area contributed by atoms with Gasteiger partial charge in [0.2, 0.25) is 5.91 Å². The van der Waals surface area contributed by atoms with Crippen molar-refractivity contribution in [3.63, 3.8) is 0 Å². The average molecular weight is 410 g/mol. The van der Waals surface area contributed by atoms with Crippen LogP contribution in [-0.2, 0) is 11.0 Å². The Kier molecular flexibility index (Phi) is 6.08. The average Bonchev–Trinajstić information content (AvgIpc) is 2.66. The summed E-state index contributed by atoms with van der Waals surface area (Å²) in [5, 5.41) is 8.40. The molecule has 3 rings (SSSR count). The van der Waals surface area contributed by atoms with Crippen molar-refractivity contribution in [2.45, 2.75) is 17.5 Å². The zero-order chi connectivity index (χ0) is 20.1. The second-order valence-electron chi connectivity index (χ2n) is 6.01. The van der Waals surface area contributed by atoms with Crippen LogP contribution in [0.5, 0.6) is 0 Å². The molecule has 10 heteroatoms. The topological polar surface area (TPSA) is 83.1 Å². The molecule has 1 aromatic carbocycles. The summed E-state index contributed by atoms with van der Waals surface area (Å²) in [7, 11) is 0. The number of benzene rings is 1. The summed E-state index contributed by atoms with van der Waals surface area (Å²) < 4.78 is 37.4. The van der Waals surface area contributed by atoms with Crippen LogP contribution < -0.4 is 16.0 Å². The van der Waals surface area contributed by atoms with E-state index in [0.29, 0.717) is 42.3 Å². The Bertz CT molecular complexity index is 872. The van der Waals surface area contributed by atoms with Crippen LogP contribution in [0, 0.1) is 0 Å². The minimum Gasteiger partial charge on any atom is -0.370 e. The van der Waals surface area contributed by atoms with Gasteiger partial charge in [-0.05, 0) is 36.8 Å². The number of pyridine rings is 1. The highest BCUT2D eigenvalue weighted by molar-refractivity contribution is 8.00. The van der Waals surface area contributed by atoms with Crippen molar-refractivity contribution in [3.8, 4) is 0 Å². The Morgan fingerprint density at radius 2 is 2.04 bits per heavy atom. The Morgan fingerprint density at radius 3 is 2.75 bits per heavy atom. The van der Waals surface area contributed by atoms with Crippen molar-refractivity contribution in [3.05, 3.63) is 47.7 Å². The van der Waals surface area contributed by atoms with Crippen LogP contribution in [0.3, 0.4) is 0 Å². The second kappa shape index (κ2) is 8.51. The van der Waals surface area contributed by atoms with Crippen LogP contribution in [0.2, 0.25) is 0 Å². The largest absolute Gasteiger partial charge is 0.417 e. The lowest BCUT2D eigenvalue weighted by Crippen LogP contribution is -2.26. The first-order valence-corrected chi connectivity index (χ1v) is 9.43. The highest BCUT2D eigenvalue weighted by atomic mass is 32.2. The quantitative estimate of drug-likeness (QED) is 0.636. The highest BCUT2D eigenvalue weighted by Gasteiger charge is 2.30. The normalized spacial score (nSPS) is 13.5. The molecule has 1 aliphatic rings. The number of carbonyl (C=O) groups excluding carboxylic acids is 2. The first-order chi connectivity index (χ1) is 13.3. The summed E-state index contributed by atoms with van der Waals surface area (Å²) in [6, 6.07) is 7.36. The lowest BCUT2D eigenvalue weighted by Gasteiger charge is -2.17. The van der Waals surface area contributed by atoms with Gasteiger partial charge in [-0.3, -0.25) is 9.59 Å². The van der Waals surface area contributed by atoms with Crippen LogP contribution in [0.4, 0.5) is 24.7 Å². The van der Waals surface area contributed by atoms with Gasteiger partial charge >= 0.3 is 6.18 Å². The van der Waals surface area contributed by atoms with Crippen molar-refractivity contribution >= 4 is 35.1 Å². The molecular weight excluding hydrogens is 393 g/mol. The number of fused-ring (bicyclic) bond motifs is 1. The molecule has 0 aliphatic carbocycles. The lowest BCUT2D eigenvalue weighted by molar-refractivity contribution is -0.137. The monoisotopic (exact) mass is 410 g/mol. The van der Waals surface area contributed by atoms with E-state index in [2.05, 4.69) is 20.9 Å². The molecular formula is C18H17F3N4O2S. The number of nitrogens with zero attached hydrogens (tertiary/aromatic N) is 1. The maximum atomic E-state index is 12.5. The molecule has 6 nitrogen and oxygen atoms in total. The molecule has 1 aliphatic heterocycles. The number of hydrogen-bond donors (Lipinski definition) is 3. The van der Waals surface area contributed by atoms with E-state index in [4.69, 9.17) is 0 Å². The number of aromatic nitrogens is 1. The molecule has 3 N–H and O–H groups in total. The molecule has 2 amide bonds. The molecule has 0 fully saturated rings. The van der Waals surface area contributed by atoms with Gasteiger partial charge in [0, 0.05) is 29.7 Å². The van der Waals surface area contributed by atoms with Crippen molar-refractivity contribution < 1.29 is 22.8 Å². The zero-order valence-electron chi connectivity index (χ0n) is 14.6. The fraction of sp³-hybridized carbons (Fsp3) is 0.278. The van der Waals surface area contributed by atoms with Crippen molar-refractivity contribution in [2.75, 3.05) is 29.5 Å². The van der Waals surface area contributed by atoms with E-state index in [0.717, 1.165) is 17.2 Å². The van der Waals surface area contributed by atoms with E-state index in [9.17, 15) is 22.8 Å². The predicted molar refractivity (Wildman–Crippen MR) is 100 cm³/mol. The van der Waals surface area contributed by atoms with Gasteiger partial charge in [0.25, 0.3) is 5.91 Å². The fourth-order valence-corrected chi connectivity index (χ4v) is 3.29. The van der Waals surface area contributed by atoms with Gasteiger partial charge < -0.3 is 16.0 Å². The van der Waals surface area contributed by atoms with Gasteiger partial charge in [-0.15, -0.1) is 11.8 Å². The maximum Gasteiger partial charge on any atom is 0.417 e. The Morgan fingerprint density at radius 1 is 1.21 bits per heavy atom. The number of carbonyl (C=O) groups is 2. The smallest absolute Gasteiger partial charge is 0.370 e. The van der Waals surface area contributed by atoms with E-state index in [-0.39, 0.29) is 11.8 Å². The molecule has 2 aromatic rings. The highest BCUT2D eigenvalue weighted by Crippen LogP contribution is 2.32. The van der Waals surface area contributed by atoms with Gasteiger partial charge in [-0.2, -0.15) is 13.2 Å². The molecule has 0 saturated heterocycles. The van der Waals surface area contributed by atoms with Crippen LogP contribution >= 0.6 is 11.8 Å². The second-order valence-corrected chi connectivity index (χ2v) is 7.03. The van der Waals surface area contributed by atoms with Crippen molar-refractivity contribution in [2.24, 2.45) is 0 Å². The number of thioether (sulfide) groups is 1. The third-order valence-electron chi connectivity index (χ3n) is 3.91. The van der Waals surface area contributed by atoms with Crippen LogP contribution in [0.15, 0.2) is 41.4 Å². The SMILES string of the molecule is O=C1CSc2ccc(C(=O)NCCCNc3ccc(C(F)(F)F)cn3)cc2N1. The predicted octanol–water partition coefficient (Wildman–Crippen LogP) is 3.38. The van der Waals surface area contributed by atoms with Crippen molar-refractivity contribution in [1.82, 2.24) is 10.3 Å². The minimum atomic E-state index is -4.41. The minimum absolute atomic E-state index is 0.0991. The van der Waals surface area contributed by atoms with Crippen molar-refractivity contribution in [1.29, 1.82) is 0 Å². The summed E-state index contributed by atoms with van der Waals surface area (Å²) in [5.41, 5.74) is 0.271. The summed E-state index contributed by atoms with van der Waals surface area (Å²) >= 11 is 1.42. The molecule has 0 bridgehead atoms. The van der Waals surface area contributed by atoms with Gasteiger partial charge in [0.15, 0.2) is 0 Å². The van der Waals surface area contributed by atoms with Gasteiger partial charge in [-0.1, -0.05) is 0 Å². The molecule has 2 heterocycles. The number of anilines is 2. The van der Waals surface area contributed by atoms with E-state index < -0.39 is 11.7 Å². The Hall–Kier alpha value is -2.75. The van der Waals surface area contributed by atoms with Crippen LogP contribution in [0.1, 0.15) is 22.3 Å². The number of nitrogens with one attached hydrogen (secondary N) is 3. The number of halogens is 3. The molecule has 0 saturated carbocycles. The van der Waals surface area contributed by atoms with Crippen LogP contribution in [0.25, 0.3) is 0 Å². The molecule has 0 atom stereocenters. The van der Waals surface area contributed by atoms with Crippen LogP contribution in [-0.4, -0.2) is 35.6 Å². The fourth-order valence-electron chi connectivity index (χ4n) is 2.50. The third kappa shape index (κ3) is 5.16. The molecule has 148 valence electrons. The lowest BCUT2D eigenvalue weighted by atomic mass is 10.2. The van der Waals surface area contributed by atoms with E-state index >= 15 is 0 Å². The Balaban J connectivity index is 1.42. The van der Waals surface area contributed by atoms with E-state index in [1.165, 1.54) is 17.8 Å². The first kappa shape index (κ1) is 20.0. The summed E-state index contributed by atoms with van der Waals surface area (Å²) in [4.78, 5) is 28.3. The van der Waals surface area contributed by atoms with Gasteiger partial charge in [0.05, 0.1) is 17.0 Å². The number of alkyl halides is 3. The summed E-state index contributed by atoms with van der Waals surface area (Å²) in [6.07, 6.45) is -3.07. The number of rotatable bonds is 6. The standard InChI is InChI=1S/C18H17F3N4O2S/c19-18(20,21)12-3-5-15(24-9-12)22-6-1-7-23-17(27)11-2-4-14-13(8-11)25-16(26)10-28-14/h2-5,8-9H,1,6-7,10H2,(H,22,24)(H,23,27)(H,25,26). The third-order valence-corrected chi connectivity index (χ3v) is 4.98. The maximum absolute atomic E-state index is 12.5. The van der Waals surface area contributed by atoms with Gasteiger partial charge in [-0.25, -0.2) is 4.98 Å². The molecule has 28 heavy (non-hydrogen) atoms. The van der Waals surface area contributed by atoms with E-state index in [1.807, 2.05) is 0 Å². The first-order valence-electron chi connectivity index (χ1n) is 8.45. The summed E-state index contributed by atoms with van der Waals surface area (Å²) in [5.74, 6) is 0.333. The summed E-state index contributed by atoms with van der Waals surface area (Å²) in [6.45, 7) is 0.820. The number of hydrogen-bond acceptors (Lipinski definition) is 5. The molecule has 1 aromatic heterocycles. The zero-order valence-corrected chi connectivity index (χ0v) is 15.4. The molecule has 0 spiro atoms. The molecule has 0 radical (unpaired) electrons.